The second-order valence-electron chi connectivity index (χ2n) is 4.97. The quantitative estimate of drug-likeness (QED) is 0.629. The Labute approximate surface area is 149 Å². The third kappa shape index (κ3) is 2.92. The van der Waals surface area contributed by atoms with Crippen LogP contribution >= 0.6 is 23.1 Å². The monoisotopic (exact) mass is 361 g/mol. The zero-order valence-corrected chi connectivity index (χ0v) is 15.1. The van der Waals surface area contributed by atoms with E-state index in [-0.39, 0.29) is 0 Å². The molecule has 0 radical (unpaired) electrons. The van der Waals surface area contributed by atoms with Crippen molar-refractivity contribution in [3.05, 3.63) is 46.8 Å². The fourth-order valence-corrected chi connectivity index (χ4v) is 3.39. The Morgan fingerprint density at radius 2 is 1.54 bits per heavy atom. The molecule has 0 saturated carbocycles. The lowest BCUT2D eigenvalue weighted by atomic mass is 10.0. The van der Waals surface area contributed by atoms with Crippen molar-refractivity contribution in [1.29, 1.82) is 0 Å². The molecule has 4 nitrogen and oxygen atoms in total. The van der Waals surface area contributed by atoms with Gasteiger partial charge in [0.25, 0.3) is 0 Å². The van der Waals surface area contributed by atoms with Crippen LogP contribution in [-0.4, -0.2) is 25.7 Å². The summed E-state index contributed by atoms with van der Waals surface area (Å²) in [6, 6.07) is 11.5. The normalized spacial score (nSPS) is 10.5. The minimum Gasteiger partial charge on any atom is -0.493 e. The zero-order valence-electron chi connectivity index (χ0n) is 13.5. The summed E-state index contributed by atoms with van der Waals surface area (Å²) in [5.74, 6) is 1.76. The summed E-state index contributed by atoms with van der Waals surface area (Å²) in [4.78, 5) is 0. The Kier molecular flexibility index (Phi) is 4.92. The van der Waals surface area contributed by atoms with Crippen LogP contribution in [-0.2, 0) is 0 Å². The maximum Gasteiger partial charge on any atom is 0.203 e. The maximum absolute atomic E-state index is 5.99. The SMILES string of the molecule is COc1ccc(-c2nscc2-c2ccc(Cl)cc2)c(OC)c1OC. The molecular weight excluding hydrogens is 346 g/mol. The van der Waals surface area contributed by atoms with Gasteiger partial charge in [0.15, 0.2) is 11.5 Å². The van der Waals surface area contributed by atoms with Crippen LogP contribution in [0.5, 0.6) is 17.2 Å². The number of hydrogen-bond donors (Lipinski definition) is 0. The molecule has 0 aliphatic heterocycles. The third-order valence-electron chi connectivity index (χ3n) is 3.68. The molecule has 0 atom stereocenters. The number of halogens is 1. The first-order valence-corrected chi connectivity index (χ1v) is 8.40. The molecule has 0 aliphatic rings. The lowest BCUT2D eigenvalue weighted by molar-refractivity contribution is 0.325. The fourth-order valence-electron chi connectivity index (χ4n) is 2.55. The van der Waals surface area contributed by atoms with Gasteiger partial charge in [-0.2, -0.15) is 4.37 Å². The Balaban J connectivity index is 2.17. The van der Waals surface area contributed by atoms with E-state index in [0.29, 0.717) is 22.3 Å². The Hall–Kier alpha value is -2.24. The van der Waals surface area contributed by atoms with Gasteiger partial charge in [0.2, 0.25) is 5.75 Å². The molecule has 0 fully saturated rings. The molecule has 0 unspecified atom stereocenters. The predicted molar refractivity (Wildman–Crippen MR) is 97.7 cm³/mol. The molecule has 1 aromatic heterocycles. The largest absolute Gasteiger partial charge is 0.493 e. The minimum atomic E-state index is 0.549. The molecule has 2 aromatic carbocycles. The summed E-state index contributed by atoms with van der Waals surface area (Å²) in [5.41, 5.74) is 3.74. The van der Waals surface area contributed by atoms with Crippen LogP contribution < -0.4 is 14.2 Å². The van der Waals surface area contributed by atoms with E-state index >= 15 is 0 Å². The van der Waals surface area contributed by atoms with Crippen LogP contribution in [0.2, 0.25) is 5.02 Å². The molecule has 0 bridgehead atoms. The van der Waals surface area contributed by atoms with Crippen molar-refractivity contribution >= 4 is 23.1 Å². The van der Waals surface area contributed by atoms with Crippen LogP contribution in [0, 0.1) is 0 Å². The lowest BCUT2D eigenvalue weighted by Gasteiger charge is -2.15. The summed E-state index contributed by atoms with van der Waals surface area (Å²) in [7, 11) is 4.79. The first kappa shape index (κ1) is 16.6. The van der Waals surface area contributed by atoms with E-state index in [2.05, 4.69) is 4.37 Å². The van der Waals surface area contributed by atoms with Gasteiger partial charge in [0, 0.05) is 21.5 Å². The van der Waals surface area contributed by atoms with E-state index in [0.717, 1.165) is 22.4 Å². The molecule has 1 heterocycles. The van der Waals surface area contributed by atoms with Crippen molar-refractivity contribution in [2.75, 3.05) is 21.3 Å². The van der Waals surface area contributed by atoms with E-state index < -0.39 is 0 Å². The molecule has 0 spiro atoms. The van der Waals surface area contributed by atoms with E-state index in [1.165, 1.54) is 11.5 Å². The summed E-state index contributed by atoms with van der Waals surface area (Å²) in [5, 5.41) is 2.71. The Bertz CT molecular complexity index is 846. The first-order chi connectivity index (χ1) is 11.7. The molecule has 0 N–H and O–H groups in total. The van der Waals surface area contributed by atoms with Crippen molar-refractivity contribution in [2.24, 2.45) is 0 Å². The summed E-state index contributed by atoms with van der Waals surface area (Å²) >= 11 is 7.38. The van der Waals surface area contributed by atoms with Gasteiger partial charge < -0.3 is 14.2 Å². The summed E-state index contributed by atoms with van der Waals surface area (Å²) < 4.78 is 20.9. The van der Waals surface area contributed by atoms with Gasteiger partial charge in [-0.05, 0) is 41.4 Å². The molecular formula is C18H16ClNO3S. The van der Waals surface area contributed by atoms with Gasteiger partial charge in [-0.15, -0.1) is 0 Å². The second kappa shape index (κ2) is 7.11. The van der Waals surface area contributed by atoms with Gasteiger partial charge in [-0.25, -0.2) is 0 Å². The van der Waals surface area contributed by atoms with E-state index in [4.69, 9.17) is 25.8 Å². The number of ether oxygens (including phenoxy) is 3. The fraction of sp³-hybridized carbons (Fsp3) is 0.167. The van der Waals surface area contributed by atoms with E-state index in [1.807, 2.05) is 41.8 Å². The Morgan fingerprint density at radius 1 is 0.833 bits per heavy atom. The van der Waals surface area contributed by atoms with Gasteiger partial charge in [0.05, 0.1) is 27.0 Å². The number of benzene rings is 2. The number of rotatable bonds is 5. The van der Waals surface area contributed by atoms with Gasteiger partial charge >= 0.3 is 0 Å². The van der Waals surface area contributed by atoms with E-state index in [9.17, 15) is 0 Å². The molecule has 6 heteroatoms. The number of methoxy groups -OCH3 is 3. The van der Waals surface area contributed by atoms with Crippen molar-refractivity contribution in [3.63, 3.8) is 0 Å². The Morgan fingerprint density at radius 3 is 2.17 bits per heavy atom. The number of hydrogen-bond acceptors (Lipinski definition) is 5. The molecule has 0 aliphatic carbocycles. The van der Waals surface area contributed by atoms with Crippen LogP contribution in [0.25, 0.3) is 22.4 Å². The highest BCUT2D eigenvalue weighted by atomic mass is 35.5. The zero-order chi connectivity index (χ0) is 17.1. The molecule has 0 saturated heterocycles. The van der Waals surface area contributed by atoms with Gasteiger partial charge in [-0.1, -0.05) is 23.7 Å². The molecule has 0 amide bonds. The van der Waals surface area contributed by atoms with Crippen LogP contribution in [0.1, 0.15) is 0 Å². The standard InChI is InChI=1S/C18H16ClNO3S/c1-21-15-9-8-13(17(22-2)18(15)23-3)16-14(10-24-20-16)11-4-6-12(19)7-5-11/h4-10H,1-3H3. The van der Waals surface area contributed by atoms with Crippen LogP contribution in [0.15, 0.2) is 41.8 Å². The summed E-state index contributed by atoms with van der Waals surface area (Å²) in [6.07, 6.45) is 0. The number of nitrogens with zero attached hydrogens (tertiary/aromatic N) is 1. The molecule has 3 aromatic rings. The topological polar surface area (TPSA) is 40.6 Å². The van der Waals surface area contributed by atoms with Crippen molar-refractivity contribution < 1.29 is 14.2 Å². The van der Waals surface area contributed by atoms with Crippen molar-refractivity contribution in [3.8, 4) is 39.6 Å². The van der Waals surface area contributed by atoms with Crippen molar-refractivity contribution in [1.82, 2.24) is 4.37 Å². The van der Waals surface area contributed by atoms with E-state index in [1.54, 1.807) is 21.3 Å². The average Bonchev–Trinajstić information content (AvgIpc) is 3.10. The third-order valence-corrected chi connectivity index (χ3v) is 4.57. The van der Waals surface area contributed by atoms with Crippen LogP contribution in [0.4, 0.5) is 0 Å². The summed E-state index contributed by atoms with van der Waals surface area (Å²) in [6.45, 7) is 0. The highest BCUT2D eigenvalue weighted by molar-refractivity contribution is 7.04. The molecule has 124 valence electrons. The highest BCUT2D eigenvalue weighted by Gasteiger charge is 2.21. The predicted octanol–water partition coefficient (Wildman–Crippen LogP) is 5.16. The lowest BCUT2D eigenvalue weighted by Crippen LogP contribution is -1.97. The minimum absolute atomic E-state index is 0.549. The van der Waals surface area contributed by atoms with Gasteiger partial charge in [-0.3, -0.25) is 0 Å². The van der Waals surface area contributed by atoms with Crippen molar-refractivity contribution in [2.45, 2.75) is 0 Å². The first-order valence-electron chi connectivity index (χ1n) is 7.19. The highest BCUT2D eigenvalue weighted by Crippen LogP contribution is 2.46. The van der Waals surface area contributed by atoms with Gasteiger partial charge in [0.1, 0.15) is 0 Å². The smallest absolute Gasteiger partial charge is 0.203 e. The molecule has 3 rings (SSSR count). The van der Waals surface area contributed by atoms with Crippen LogP contribution in [0.3, 0.4) is 0 Å². The number of aromatic nitrogens is 1. The average molecular weight is 362 g/mol. The molecule has 24 heavy (non-hydrogen) atoms. The second-order valence-corrected chi connectivity index (χ2v) is 6.03. The maximum atomic E-state index is 5.99.